The first-order chi connectivity index (χ1) is 11.7. The molecule has 0 saturated heterocycles. The van der Waals surface area contributed by atoms with Crippen LogP contribution in [-0.2, 0) is 11.3 Å². The summed E-state index contributed by atoms with van der Waals surface area (Å²) in [7, 11) is 0. The molecule has 7 heteroatoms. The zero-order valence-corrected chi connectivity index (χ0v) is 14.1. The van der Waals surface area contributed by atoms with Crippen LogP contribution in [0.25, 0.3) is 5.65 Å². The van der Waals surface area contributed by atoms with Crippen molar-refractivity contribution in [3.63, 3.8) is 0 Å². The van der Waals surface area contributed by atoms with E-state index in [1.54, 1.807) is 0 Å². The summed E-state index contributed by atoms with van der Waals surface area (Å²) in [6, 6.07) is 5.47. The third-order valence-corrected chi connectivity index (χ3v) is 4.54. The van der Waals surface area contributed by atoms with E-state index in [9.17, 15) is 4.79 Å². The fraction of sp³-hybridized carbons (Fsp3) is 0.588. The molecule has 0 spiro atoms. The monoisotopic (exact) mass is 331 g/mol. The molecule has 2 heterocycles. The lowest BCUT2D eigenvalue weighted by Crippen LogP contribution is -2.38. The largest absolute Gasteiger partial charge is 0.376 e. The second-order valence-electron chi connectivity index (χ2n) is 6.33. The molecular formula is C17H25N5O2. The van der Waals surface area contributed by atoms with Crippen LogP contribution in [0.4, 0.5) is 4.79 Å². The molecule has 2 aromatic heterocycles. The Morgan fingerprint density at radius 2 is 2.17 bits per heavy atom. The number of hydrogen-bond acceptors (Lipinski definition) is 4. The lowest BCUT2D eigenvalue weighted by Gasteiger charge is -2.28. The highest BCUT2D eigenvalue weighted by Crippen LogP contribution is 2.25. The molecule has 2 amide bonds. The summed E-state index contributed by atoms with van der Waals surface area (Å²) < 4.78 is 7.74. The van der Waals surface area contributed by atoms with Gasteiger partial charge in [-0.25, -0.2) is 4.79 Å². The second-order valence-corrected chi connectivity index (χ2v) is 6.33. The topological polar surface area (TPSA) is 80.5 Å². The van der Waals surface area contributed by atoms with Crippen LogP contribution in [0.3, 0.4) is 0 Å². The average Bonchev–Trinajstić information content (AvgIpc) is 3.01. The molecule has 1 aliphatic carbocycles. The van der Waals surface area contributed by atoms with Gasteiger partial charge in [0.2, 0.25) is 0 Å². The molecule has 1 fully saturated rings. The van der Waals surface area contributed by atoms with Crippen molar-refractivity contribution < 1.29 is 9.53 Å². The third-order valence-electron chi connectivity index (χ3n) is 4.54. The molecule has 24 heavy (non-hydrogen) atoms. The van der Waals surface area contributed by atoms with Gasteiger partial charge >= 0.3 is 6.03 Å². The van der Waals surface area contributed by atoms with E-state index < -0.39 is 0 Å². The van der Waals surface area contributed by atoms with Crippen molar-refractivity contribution in [3.8, 4) is 0 Å². The molecule has 0 aromatic carbocycles. The summed E-state index contributed by atoms with van der Waals surface area (Å²) in [5.41, 5.74) is 0.768. The highest BCUT2D eigenvalue weighted by Gasteiger charge is 2.21. The smallest absolute Gasteiger partial charge is 0.315 e. The van der Waals surface area contributed by atoms with Crippen molar-refractivity contribution in [1.82, 2.24) is 25.2 Å². The fourth-order valence-electron chi connectivity index (χ4n) is 3.14. The molecule has 2 N–H and O–H groups in total. The van der Waals surface area contributed by atoms with Gasteiger partial charge in [0, 0.05) is 12.7 Å². The molecule has 0 radical (unpaired) electrons. The number of fused-ring (bicyclic) bond motifs is 1. The van der Waals surface area contributed by atoms with Crippen LogP contribution >= 0.6 is 0 Å². The van der Waals surface area contributed by atoms with Gasteiger partial charge in [-0.1, -0.05) is 25.8 Å². The molecule has 1 aliphatic rings. The Kier molecular flexibility index (Phi) is 5.63. The normalized spacial score (nSPS) is 20.9. The number of carbonyl (C=O) groups is 1. The average molecular weight is 331 g/mol. The molecule has 0 bridgehead atoms. The van der Waals surface area contributed by atoms with Gasteiger partial charge in [-0.15, -0.1) is 10.2 Å². The summed E-state index contributed by atoms with van der Waals surface area (Å²) in [6.45, 7) is 3.64. The summed E-state index contributed by atoms with van der Waals surface area (Å²) in [6.07, 6.45) is 7.14. The minimum absolute atomic E-state index is 0.219. The zero-order chi connectivity index (χ0) is 16.8. The Hall–Kier alpha value is -2.15. The Bertz CT molecular complexity index is 672. The molecule has 2 atom stereocenters. The van der Waals surface area contributed by atoms with Crippen LogP contribution < -0.4 is 10.6 Å². The second kappa shape index (κ2) is 8.10. The predicted octanol–water partition coefficient (Wildman–Crippen LogP) is 2.12. The number of nitrogens with zero attached hydrogens (tertiary/aromatic N) is 3. The summed E-state index contributed by atoms with van der Waals surface area (Å²) in [5.74, 6) is 1.32. The zero-order valence-electron chi connectivity index (χ0n) is 14.1. The van der Waals surface area contributed by atoms with E-state index in [1.807, 2.05) is 28.8 Å². The third kappa shape index (κ3) is 4.23. The highest BCUT2D eigenvalue weighted by molar-refractivity contribution is 5.73. The number of carbonyl (C=O) groups excluding carboxylic acids is 1. The van der Waals surface area contributed by atoms with Gasteiger partial charge in [0.1, 0.15) is 0 Å². The maximum absolute atomic E-state index is 11.9. The van der Waals surface area contributed by atoms with Crippen LogP contribution in [0.15, 0.2) is 24.4 Å². The van der Waals surface area contributed by atoms with Crippen LogP contribution in [-0.4, -0.2) is 39.9 Å². The van der Waals surface area contributed by atoms with E-state index in [0.29, 0.717) is 37.5 Å². The number of amides is 2. The minimum atomic E-state index is -0.219. The molecule has 0 unspecified atom stereocenters. The summed E-state index contributed by atoms with van der Waals surface area (Å²) in [5, 5.41) is 13.7. The Balaban J connectivity index is 1.35. The van der Waals surface area contributed by atoms with Crippen LogP contribution in [0.1, 0.15) is 38.4 Å². The SMILES string of the molecule is C[C@@H]1CCCC[C@H]1OCCNC(=O)NCc1nnc2ccccn12. The fourth-order valence-corrected chi connectivity index (χ4v) is 3.14. The van der Waals surface area contributed by atoms with E-state index in [-0.39, 0.29) is 6.03 Å². The van der Waals surface area contributed by atoms with Gasteiger partial charge in [-0.05, 0) is 30.9 Å². The van der Waals surface area contributed by atoms with Crippen molar-refractivity contribution in [2.45, 2.75) is 45.3 Å². The molecule has 0 aliphatic heterocycles. The van der Waals surface area contributed by atoms with Gasteiger partial charge in [0.25, 0.3) is 0 Å². The summed E-state index contributed by atoms with van der Waals surface area (Å²) >= 11 is 0. The maximum atomic E-state index is 11.9. The van der Waals surface area contributed by atoms with E-state index in [1.165, 1.54) is 19.3 Å². The number of ether oxygens (including phenoxy) is 1. The van der Waals surface area contributed by atoms with Gasteiger partial charge in [-0.2, -0.15) is 0 Å². The minimum Gasteiger partial charge on any atom is -0.376 e. The number of nitrogens with one attached hydrogen (secondary N) is 2. The van der Waals surface area contributed by atoms with E-state index in [0.717, 1.165) is 12.1 Å². The van der Waals surface area contributed by atoms with Crippen molar-refractivity contribution in [2.24, 2.45) is 5.92 Å². The first-order valence-electron chi connectivity index (χ1n) is 8.66. The van der Waals surface area contributed by atoms with Crippen LogP contribution in [0.2, 0.25) is 0 Å². The van der Waals surface area contributed by atoms with E-state index >= 15 is 0 Å². The lowest BCUT2D eigenvalue weighted by molar-refractivity contribution is -0.00243. The molecular weight excluding hydrogens is 306 g/mol. The maximum Gasteiger partial charge on any atom is 0.315 e. The van der Waals surface area contributed by atoms with Crippen molar-refractivity contribution in [2.75, 3.05) is 13.2 Å². The molecule has 1 saturated carbocycles. The van der Waals surface area contributed by atoms with Gasteiger partial charge in [0.15, 0.2) is 11.5 Å². The van der Waals surface area contributed by atoms with Gasteiger partial charge < -0.3 is 15.4 Å². The summed E-state index contributed by atoms with van der Waals surface area (Å²) in [4.78, 5) is 11.9. The lowest BCUT2D eigenvalue weighted by atomic mass is 9.88. The predicted molar refractivity (Wildman–Crippen MR) is 90.6 cm³/mol. The standard InChI is InChI=1S/C17H25N5O2/c1-13-6-2-3-7-14(13)24-11-9-18-17(23)19-12-16-21-20-15-8-4-5-10-22(15)16/h4-5,8,10,13-14H,2-3,6-7,9,11-12H2,1H3,(H2,18,19,23)/t13-,14-/m1/s1. The number of hydrogen-bond donors (Lipinski definition) is 2. The molecule has 7 nitrogen and oxygen atoms in total. The number of pyridine rings is 1. The number of urea groups is 1. The molecule has 2 aromatic rings. The molecule has 3 rings (SSSR count). The van der Waals surface area contributed by atoms with E-state index in [2.05, 4.69) is 27.8 Å². The quantitative estimate of drug-likeness (QED) is 0.795. The number of aromatic nitrogens is 3. The first-order valence-corrected chi connectivity index (χ1v) is 8.66. The Labute approximate surface area is 141 Å². The Morgan fingerprint density at radius 1 is 1.29 bits per heavy atom. The van der Waals surface area contributed by atoms with Gasteiger partial charge in [0.05, 0.1) is 19.3 Å². The van der Waals surface area contributed by atoms with Crippen molar-refractivity contribution >= 4 is 11.7 Å². The molecule has 130 valence electrons. The van der Waals surface area contributed by atoms with Crippen molar-refractivity contribution in [3.05, 3.63) is 30.2 Å². The highest BCUT2D eigenvalue weighted by atomic mass is 16.5. The van der Waals surface area contributed by atoms with Crippen LogP contribution in [0, 0.1) is 5.92 Å². The Morgan fingerprint density at radius 3 is 3.04 bits per heavy atom. The van der Waals surface area contributed by atoms with Crippen LogP contribution in [0.5, 0.6) is 0 Å². The van der Waals surface area contributed by atoms with Gasteiger partial charge in [-0.3, -0.25) is 4.40 Å². The van der Waals surface area contributed by atoms with E-state index in [4.69, 9.17) is 4.74 Å². The van der Waals surface area contributed by atoms with Crippen molar-refractivity contribution in [1.29, 1.82) is 0 Å². The first kappa shape index (κ1) is 16.7. The number of rotatable bonds is 6.